The summed E-state index contributed by atoms with van der Waals surface area (Å²) in [7, 11) is 0. The van der Waals surface area contributed by atoms with Gasteiger partial charge in [-0.15, -0.1) is 0 Å². The third kappa shape index (κ3) is 3.56. The van der Waals surface area contributed by atoms with Crippen molar-refractivity contribution in [2.45, 2.75) is 38.6 Å². The Bertz CT molecular complexity index is 146. The average molecular weight is 200 g/mol. The highest BCUT2D eigenvalue weighted by molar-refractivity contribution is 4.82. The van der Waals surface area contributed by atoms with E-state index in [4.69, 9.17) is 10.8 Å². The van der Waals surface area contributed by atoms with Crippen LogP contribution in [0.25, 0.3) is 0 Å². The van der Waals surface area contributed by atoms with Crippen LogP contribution in [0, 0.1) is 5.92 Å². The third-order valence-corrected chi connectivity index (χ3v) is 3.17. The van der Waals surface area contributed by atoms with Crippen molar-refractivity contribution in [2.24, 2.45) is 11.7 Å². The Labute approximate surface area is 87.3 Å². The van der Waals surface area contributed by atoms with Crippen molar-refractivity contribution < 1.29 is 5.11 Å². The topological polar surface area (TPSA) is 49.5 Å². The predicted molar refractivity (Wildman–Crippen MR) is 59.1 cm³/mol. The number of hydrogen-bond donors (Lipinski definition) is 2. The van der Waals surface area contributed by atoms with Crippen molar-refractivity contribution in [2.75, 3.05) is 26.2 Å². The lowest BCUT2D eigenvalue weighted by atomic mass is 10.0. The molecule has 0 amide bonds. The second-order valence-corrected chi connectivity index (χ2v) is 4.38. The smallest absolute Gasteiger partial charge is 0.0558 e. The van der Waals surface area contributed by atoms with Gasteiger partial charge in [0.25, 0.3) is 0 Å². The summed E-state index contributed by atoms with van der Waals surface area (Å²) in [5.41, 5.74) is 6.03. The fraction of sp³-hybridized carbons (Fsp3) is 1.00. The van der Waals surface area contributed by atoms with Crippen LogP contribution in [0.15, 0.2) is 0 Å². The molecule has 3 heteroatoms. The molecule has 3 nitrogen and oxygen atoms in total. The van der Waals surface area contributed by atoms with Crippen LogP contribution in [0.2, 0.25) is 0 Å². The van der Waals surface area contributed by atoms with Crippen LogP contribution >= 0.6 is 0 Å². The van der Waals surface area contributed by atoms with Gasteiger partial charge in [-0.2, -0.15) is 0 Å². The van der Waals surface area contributed by atoms with Crippen LogP contribution in [-0.4, -0.2) is 42.3 Å². The van der Waals surface area contributed by atoms with Crippen LogP contribution in [0.4, 0.5) is 0 Å². The lowest BCUT2D eigenvalue weighted by Crippen LogP contribution is -2.38. The zero-order valence-electron chi connectivity index (χ0n) is 9.28. The van der Waals surface area contributed by atoms with Crippen molar-refractivity contribution in [1.29, 1.82) is 0 Å². The molecule has 1 rings (SSSR count). The zero-order chi connectivity index (χ0) is 10.4. The van der Waals surface area contributed by atoms with Gasteiger partial charge in [0.15, 0.2) is 0 Å². The van der Waals surface area contributed by atoms with Crippen molar-refractivity contribution in [1.82, 2.24) is 4.90 Å². The summed E-state index contributed by atoms with van der Waals surface area (Å²) in [5.74, 6) is 0.660. The van der Waals surface area contributed by atoms with Crippen molar-refractivity contribution in [3.8, 4) is 0 Å². The van der Waals surface area contributed by atoms with Gasteiger partial charge in [0.1, 0.15) is 0 Å². The van der Waals surface area contributed by atoms with Gasteiger partial charge in [-0.3, -0.25) is 0 Å². The van der Waals surface area contributed by atoms with Crippen LogP contribution in [0.5, 0.6) is 0 Å². The van der Waals surface area contributed by atoms with Crippen LogP contribution in [0.3, 0.4) is 0 Å². The predicted octanol–water partition coefficient (Wildman–Crippen LogP) is 0.818. The summed E-state index contributed by atoms with van der Waals surface area (Å²) in [4.78, 5) is 2.34. The summed E-state index contributed by atoms with van der Waals surface area (Å²) in [6.07, 6.45) is 4.89. The second kappa shape index (κ2) is 6.38. The highest BCUT2D eigenvalue weighted by Gasteiger charge is 2.25. The van der Waals surface area contributed by atoms with E-state index in [9.17, 15) is 0 Å². The van der Waals surface area contributed by atoms with E-state index in [2.05, 4.69) is 11.8 Å². The van der Waals surface area contributed by atoms with Gasteiger partial charge < -0.3 is 15.7 Å². The van der Waals surface area contributed by atoms with Gasteiger partial charge in [-0.1, -0.05) is 13.3 Å². The molecule has 2 atom stereocenters. The van der Waals surface area contributed by atoms with Gasteiger partial charge in [0.2, 0.25) is 0 Å². The number of rotatable bonds is 6. The van der Waals surface area contributed by atoms with Gasteiger partial charge >= 0.3 is 0 Å². The lowest BCUT2D eigenvalue weighted by Gasteiger charge is -2.26. The number of nitrogens with zero attached hydrogens (tertiary/aromatic N) is 1. The van der Waals surface area contributed by atoms with E-state index in [1.54, 1.807) is 0 Å². The van der Waals surface area contributed by atoms with Crippen molar-refractivity contribution in [3.63, 3.8) is 0 Å². The minimum Gasteiger partial charge on any atom is -0.395 e. The average Bonchev–Trinajstić information content (AvgIpc) is 2.53. The van der Waals surface area contributed by atoms with E-state index in [1.807, 2.05) is 0 Å². The Morgan fingerprint density at radius 3 is 2.64 bits per heavy atom. The Balaban J connectivity index is 2.29. The molecule has 0 aromatic heterocycles. The summed E-state index contributed by atoms with van der Waals surface area (Å²) >= 11 is 0. The first kappa shape index (κ1) is 12.0. The zero-order valence-corrected chi connectivity index (χ0v) is 9.28. The standard InChI is InChI=1S/C11H24N2O/c1-2-6-13(7-8-14)9-10-4-3-5-11(10)12/h10-11,14H,2-9,12H2,1H3. The second-order valence-electron chi connectivity index (χ2n) is 4.38. The number of aliphatic hydroxyl groups excluding tert-OH is 1. The maximum Gasteiger partial charge on any atom is 0.0558 e. The highest BCUT2D eigenvalue weighted by atomic mass is 16.3. The molecule has 84 valence electrons. The molecule has 2 unspecified atom stereocenters. The quantitative estimate of drug-likeness (QED) is 0.667. The Morgan fingerprint density at radius 1 is 1.36 bits per heavy atom. The normalized spacial score (nSPS) is 27.4. The molecule has 1 aliphatic rings. The molecular weight excluding hydrogens is 176 g/mol. The Hall–Kier alpha value is -0.120. The molecule has 0 aliphatic heterocycles. The first-order chi connectivity index (χ1) is 6.77. The van der Waals surface area contributed by atoms with Gasteiger partial charge in [-0.05, 0) is 31.7 Å². The van der Waals surface area contributed by atoms with Crippen molar-refractivity contribution >= 4 is 0 Å². The molecule has 1 saturated carbocycles. The van der Waals surface area contributed by atoms with Crippen LogP contribution in [-0.2, 0) is 0 Å². The molecule has 1 fully saturated rings. The van der Waals surface area contributed by atoms with E-state index in [0.29, 0.717) is 12.0 Å². The summed E-state index contributed by atoms with van der Waals surface area (Å²) in [6, 6.07) is 0.396. The van der Waals surface area contributed by atoms with Crippen molar-refractivity contribution in [3.05, 3.63) is 0 Å². The maximum atomic E-state index is 8.93. The molecule has 0 saturated heterocycles. The molecule has 1 aliphatic carbocycles. The van der Waals surface area contributed by atoms with Crippen LogP contribution in [0.1, 0.15) is 32.6 Å². The number of hydrogen-bond acceptors (Lipinski definition) is 3. The lowest BCUT2D eigenvalue weighted by molar-refractivity contribution is 0.171. The SMILES string of the molecule is CCCN(CCO)CC1CCCC1N. The largest absolute Gasteiger partial charge is 0.395 e. The summed E-state index contributed by atoms with van der Waals surface area (Å²) < 4.78 is 0. The van der Waals surface area contributed by atoms with Gasteiger partial charge in [0, 0.05) is 19.1 Å². The maximum absolute atomic E-state index is 8.93. The summed E-state index contributed by atoms with van der Waals surface area (Å²) in [6.45, 7) is 5.41. The number of aliphatic hydroxyl groups is 1. The monoisotopic (exact) mass is 200 g/mol. The molecule has 0 aromatic rings. The molecule has 3 N–H and O–H groups in total. The fourth-order valence-electron chi connectivity index (χ4n) is 2.38. The van der Waals surface area contributed by atoms with Gasteiger partial charge in [-0.25, -0.2) is 0 Å². The molecule has 14 heavy (non-hydrogen) atoms. The van der Waals surface area contributed by atoms with E-state index < -0.39 is 0 Å². The van der Waals surface area contributed by atoms with Gasteiger partial charge in [0.05, 0.1) is 6.61 Å². The third-order valence-electron chi connectivity index (χ3n) is 3.17. The molecule has 0 aromatic carbocycles. The first-order valence-electron chi connectivity index (χ1n) is 5.86. The summed E-state index contributed by atoms with van der Waals surface area (Å²) in [5, 5.41) is 8.93. The first-order valence-corrected chi connectivity index (χ1v) is 5.86. The minimum atomic E-state index is 0.266. The molecule has 0 radical (unpaired) electrons. The molecule has 0 heterocycles. The van der Waals surface area contributed by atoms with E-state index in [-0.39, 0.29) is 6.61 Å². The molecule has 0 bridgehead atoms. The Morgan fingerprint density at radius 2 is 2.14 bits per heavy atom. The highest BCUT2D eigenvalue weighted by Crippen LogP contribution is 2.24. The number of nitrogens with two attached hydrogens (primary N) is 1. The van der Waals surface area contributed by atoms with E-state index in [0.717, 1.165) is 26.1 Å². The van der Waals surface area contributed by atoms with E-state index >= 15 is 0 Å². The van der Waals surface area contributed by atoms with Crippen LogP contribution < -0.4 is 5.73 Å². The molecule has 0 spiro atoms. The molecular formula is C11H24N2O. The van der Waals surface area contributed by atoms with E-state index in [1.165, 1.54) is 19.3 Å². The fourth-order valence-corrected chi connectivity index (χ4v) is 2.38. The Kier molecular flexibility index (Phi) is 5.45. The minimum absolute atomic E-state index is 0.266.